The van der Waals surface area contributed by atoms with Crippen molar-refractivity contribution in [2.75, 3.05) is 16.0 Å². The van der Waals surface area contributed by atoms with Crippen molar-refractivity contribution in [1.29, 1.82) is 0 Å². The third-order valence-electron chi connectivity index (χ3n) is 7.28. The molecule has 0 radical (unpaired) electrons. The Labute approximate surface area is 421 Å². The van der Waals surface area contributed by atoms with E-state index in [0.717, 1.165) is 12.1 Å². The Morgan fingerprint density at radius 3 is 1.52 bits per heavy atom. The van der Waals surface area contributed by atoms with E-state index in [0.29, 0.717) is 18.1 Å². The van der Waals surface area contributed by atoms with E-state index in [-0.39, 0.29) is 185 Å². The number of benzene rings is 5. The zero-order valence-corrected chi connectivity index (χ0v) is 41.6. The molecule has 1 heterocycles. The smallest absolute Gasteiger partial charge is 0.744 e. The minimum Gasteiger partial charge on any atom is -0.744 e. The molecule has 4 N–H and O–H groups in total. The molecular formula is C30H18N6Na4O14S4. The van der Waals surface area contributed by atoms with Crippen molar-refractivity contribution in [3.8, 4) is 0 Å². The van der Waals surface area contributed by atoms with Crippen molar-refractivity contribution in [3.63, 3.8) is 0 Å². The second-order valence-electron chi connectivity index (χ2n) is 10.9. The van der Waals surface area contributed by atoms with Gasteiger partial charge in [0.05, 0.1) is 32.3 Å². The minimum absolute atomic E-state index is 0. The van der Waals surface area contributed by atoms with E-state index in [9.17, 15) is 54.1 Å². The summed E-state index contributed by atoms with van der Waals surface area (Å²) in [5.41, 5.74) is 0.521. The summed E-state index contributed by atoms with van der Waals surface area (Å²) in [5, 5.41) is 31.6. The summed E-state index contributed by atoms with van der Waals surface area (Å²) in [6, 6.07) is 17.2. The number of carboxylic acids is 1. The number of nitrogens with zero attached hydrogens (tertiary/aromatic N) is 3. The fraction of sp³-hybridized carbons (Fsp3) is 0. The topological polar surface area (TPSA) is 325 Å². The van der Waals surface area contributed by atoms with Crippen LogP contribution in [-0.2, 0) is 39.7 Å². The number of carbonyl (C=O) groups is 1. The van der Waals surface area contributed by atoms with Crippen LogP contribution < -0.4 is 139 Å². The second-order valence-corrected chi connectivity index (χ2v) is 15.7. The zero-order chi connectivity index (χ0) is 39.0. The van der Waals surface area contributed by atoms with Crippen LogP contribution >= 0.6 is 12.0 Å². The molecule has 0 saturated heterocycles. The minimum atomic E-state index is -5.22. The Bertz CT molecular complexity index is 2850. The van der Waals surface area contributed by atoms with Crippen LogP contribution in [0.3, 0.4) is 0 Å². The third-order valence-corrected chi connectivity index (χ3v) is 10.4. The van der Waals surface area contributed by atoms with Gasteiger partial charge in [0.1, 0.15) is 30.4 Å². The maximum atomic E-state index is 12.0. The van der Waals surface area contributed by atoms with Crippen molar-refractivity contribution in [3.05, 3.63) is 90.5 Å². The summed E-state index contributed by atoms with van der Waals surface area (Å²) in [7, 11) is -15.4. The van der Waals surface area contributed by atoms with Gasteiger partial charge in [-0.15, -0.1) is 0 Å². The number of aromatic carboxylic acids is 1. The van der Waals surface area contributed by atoms with Crippen LogP contribution in [0.5, 0.6) is 0 Å². The fourth-order valence-corrected chi connectivity index (χ4v) is 7.68. The Kier molecular flexibility index (Phi) is 19.5. The van der Waals surface area contributed by atoms with E-state index in [2.05, 4.69) is 40.3 Å². The van der Waals surface area contributed by atoms with Gasteiger partial charge in [-0.1, -0.05) is 18.2 Å². The van der Waals surface area contributed by atoms with Gasteiger partial charge in [-0.05, 0) is 88.3 Å². The van der Waals surface area contributed by atoms with Crippen molar-refractivity contribution >= 4 is 105 Å². The Morgan fingerprint density at radius 1 is 0.603 bits per heavy atom. The molecule has 0 bridgehead atoms. The normalized spacial score (nSPS) is 11.3. The summed E-state index contributed by atoms with van der Waals surface area (Å²) in [5.74, 6) is -1.75. The molecule has 58 heavy (non-hydrogen) atoms. The van der Waals surface area contributed by atoms with Crippen LogP contribution in [0.2, 0.25) is 0 Å². The van der Waals surface area contributed by atoms with E-state index in [1.807, 2.05) is 0 Å². The van der Waals surface area contributed by atoms with Crippen molar-refractivity contribution < 1.29 is 182 Å². The standard InChI is InChI=1S/C30H22N6O14S4.4Na/c37-27(38)15-2-1-3-18(8-15)31-28-34-29(32-19-4-6-23-16(9-19)11-21(51-50-49-39)13-25(23)53(43,44)45)36-30(35-28)33-20-5-7-24-17(10-20)12-22(52(40,41)42)14-26(24)54(46,47)48;;;;/h1-14,39H,(H,37,38)(H,40,41,42)(H,43,44,45)(H,46,47,48)(H3,31,32,33,34,35,36);;;;/q;4*+1/p-4. The zero-order valence-electron chi connectivity index (χ0n) is 30.3. The average Bonchev–Trinajstić information content (AvgIpc) is 3.08. The number of hydrogen-bond donors (Lipinski definition) is 4. The second kappa shape index (κ2) is 21.5. The molecule has 0 aliphatic rings. The Morgan fingerprint density at radius 2 is 1.07 bits per heavy atom. The van der Waals surface area contributed by atoms with Gasteiger partial charge in [-0.3, -0.25) is 5.04 Å². The third kappa shape index (κ3) is 13.2. The molecule has 0 aliphatic heterocycles. The Balaban J connectivity index is 0.00000290. The van der Waals surface area contributed by atoms with E-state index in [1.165, 1.54) is 66.7 Å². The van der Waals surface area contributed by atoms with Crippen molar-refractivity contribution in [1.82, 2.24) is 15.0 Å². The first-order valence-electron chi connectivity index (χ1n) is 14.4. The first-order chi connectivity index (χ1) is 25.4. The molecular weight excluding hydrogens is 889 g/mol. The molecule has 0 spiro atoms. The molecule has 1 aromatic heterocycles. The average molecular weight is 907 g/mol. The molecule has 20 nitrogen and oxygen atoms in total. The van der Waals surface area contributed by atoms with E-state index >= 15 is 0 Å². The predicted molar refractivity (Wildman–Crippen MR) is 183 cm³/mol. The maximum absolute atomic E-state index is 12.0. The summed E-state index contributed by atoms with van der Waals surface area (Å²) in [4.78, 5) is 22.0. The molecule has 0 saturated carbocycles. The SMILES string of the molecule is O=C(O)c1cccc(Nc2nc(Nc3ccc4c(S(=O)(=O)[O-])cc(SOO[O-])cc4c3)nc(Nc3ccc4c(S(=O)(=O)[O-])cc(S(=O)(=O)[O-])cc4c3)n2)c1.[Na+].[Na+].[Na+].[Na+]. The summed E-state index contributed by atoms with van der Waals surface area (Å²) >= 11 is 0.353. The van der Waals surface area contributed by atoms with Gasteiger partial charge in [0.2, 0.25) is 17.8 Å². The first-order valence-corrected chi connectivity index (χ1v) is 19.4. The quantitative estimate of drug-likeness (QED) is 0.0275. The first kappa shape index (κ1) is 52.6. The van der Waals surface area contributed by atoms with Crippen LogP contribution in [0.1, 0.15) is 10.4 Å². The molecule has 5 aromatic carbocycles. The van der Waals surface area contributed by atoms with Gasteiger partial charge >= 0.3 is 124 Å². The van der Waals surface area contributed by atoms with Gasteiger partial charge in [0, 0.05) is 22.0 Å². The number of rotatable bonds is 13. The van der Waals surface area contributed by atoms with Crippen molar-refractivity contribution in [2.24, 2.45) is 0 Å². The van der Waals surface area contributed by atoms with Crippen LogP contribution in [-0.4, -0.2) is 64.9 Å². The van der Waals surface area contributed by atoms with Crippen LogP contribution in [0, 0.1) is 0 Å². The molecule has 6 aromatic rings. The number of carboxylic acid groups (broad SMARTS) is 1. The number of hydrogen-bond acceptors (Lipinski definition) is 20. The number of fused-ring (bicyclic) bond motifs is 2. The van der Waals surface area contributed by atoms with Crippen molar-refractivity contribution in [2.45, 2.75) is 19.6 Å². The monoisotopic (exact) mass is 906 g/mol. The molecule has 0 amide bonds. The molecule has 6 rings (SSSR count). The molecule has 280 valence electrons. The summed E-state index contributed by atoms with van der Waals surface area (Å²) in [6.07, 6.45) is 0. The van der Waals surface area contributed by atoms with Gasteiger partial charge in [0.15, 0.2) is 0 Å². The largest absolute Gasteiger partial charge is 1.00 e. The molecule has 28 heteroatoms. The number of nitrogens with one attached hydrogen (secondary N) is 3. The maximum Gasteiger partial charge on any atom is 1.00 e. The van der Waals surface area contributed by atoms with Crippen LogP contribution in [0.4, 0.5) is 34.9 Å². The summed E-state index contributed by atoms with van der Waals surface area (Å²) < 4.78 is 111. The molecule has 0 fully saturated rings. The summed E-state index contributed by atoms with van der Waals surface area (Å²) in [6.45, 7) is 0. The van der Waals surface area contributed by atoms with E-state index in [1.54, 1.807) is 0 Å². The van der Waals surface area contributed by atoms with Gasteiger partial charge < -0.3 is 40.0 Å². The number of aromatic nitrogens is 3. The van der Waals surface area contributed by atoms with Crippen LogP contribution in [0.25, 0.3) is 21.5 Å². The fourth-order valence-electron chi connectivity index (χ4n) is 5.09. The van der Waals surface area contributed by atoms with Gasteiger partial charge in [0.25, 0.3) is 0 Å². The molecule has 0 atom stereocenters. The van der Waals surface area contributed by atoms with Gasteiger partial charge in [-0.2, -0.15) is 19.3 Å². The Hall–Kier alpha value is -1.54. The van der Waals surface area contributed by atoms with Crippen LogP contribution in [0.15, 0.2) is 105 Å². The van der Waals surface area contributed by atoms with Gasteiger partial charge in [-0.25, -0.2) is 30.0 Å². The van der Waals surface area contributed by atoms with E-state index < -0.39 is 51.0 Å². The molecule has 0 aliphatic carbocycles. The number of anilines is 6. The molecule has 0 unspecified atom stereocenters. The van der Waals surface area contributed by atoms with E-state index in [4.69, 9.17) is 0 Å². The predicted octanol–water partition coefficient (Wildman–Crippen LogP) is -8.93.